The smallest absolute Gasteiger partial charge is 0.0250 e. The van der Waals surface area contributed by atoms with E-state index in [9.17, 15) is 0 Å². The fraction of sp³-hybridized carbons (Fsp3) is 0.750. The standard InChI is InChI=1S/C8H18N2/c1-7(2)5-10-8(3,4)6-9/h10H,1,5-6,9H2,2-4H3. The van der Waals surface area contributed by atoms with Crippen molar-refractivity contribution in [2.75, 3.05) is 13.1 Å². The zero-order valence-corrected chi connectivity index (χ0v) is 7.20. The van der Waals surface area contributed by atoms with Crippen molar-refractivity contribution < 1.29 is 0 Å². The van der Waals surface area contributed by atoms with Gasteiger partial charge in [0.1, 0.15) is 0 Å². The van der Waals surface area contributed by atoms with Crippen molar-refractivity contribution in [2.24, 2.45) is 5.73 Å². The van der Waals surface area contributed by atoms with Crippen molar-refractivity contribution in [3.63, 3.8) is 0 Å². The highest BCUT2D eigenvalue weighted by atomic mass is 15.0. The molecule has 60 valence electrons. The molecule has 0 fully saturated rings. The molecular weight excluding hydrogens is 124 g/mol. The molecule has 0 aromatic heterocycles. The average Bonchev–Trinajstić information content (AvgIpc) is 1.85. The Labute approximate surface area is 63.5 Å². The highest BCUT2D eigenvalue weighted by molar-refractivity contribution is 4.94. The minimum atomic E-state index is 0.0406. The lowest BCUT2D eigenvalue weighted by Gasteiger charge is -2.24. The van der Waals surface area contributed by atoms with Crippen LogP contribution in [-0.2, 0) is 0 Å². The van der Waals surface area contributed by atoms with Crippen LogP contribution in [0.3, 0.4) is 0 Å². The van der Waals surface area contributed by atoms with Crippen molar-refractivity contribution >= 4 is 0 Å². The van der Waals surface area contributed by atoms with E-state index in [0.29, 0.717) is 6.54 Å². The van der Waals surface area contributed by atoms with Crippen molar-refractivity contribution in [1.29, 1.82) is 0 Å². The maximum Gasteiger partial charge on any atom is 0.0250 e. The van der Waals surface area contributed by atoms with Crippen LogP contribution >= 0.6 is 0 Å². The summed E-state index contributed by atoms with van der Waals surface area (Å²) in [4.78, 5) is 0. The average molecular weight is 142 g/mol. The number of rotatable bonds is 4. The van der Waals surface area contributed by atoms with Crippen LogP contribution in [0, 0.1) is 0 Å². The van der Waals surface area contributed by atoms with Gasteiger partial charge in [-0.05, 0) is 20.8 Å². The summed E-state index contributed by atoms with van der Waals surface area (Å²) in [5.74, 6) is 0. The molecule has 0 atom stereocenters. The van der Waals surface area contributed by atoms with Crippen LogP contribution in [0.5, 0.6) is 0 Å². The van der Waals surface area contributed by atoms with Gasteiger partial charge in [-0.3, -0.25) is 0 Å². The van der Waals surface area contributed by atoms with Gasteiger partial charge < -0.3 is 11.1 Å². The zero-order valence-electron chi connectivity index (χ0n) is 7.20. The van der Waals surface area contributed by atoms with Crippen LogP contribution in [0.2, 0.25) is 0 Å². The molecule has 0 unspecified atom stereocenters. The number of nitrogens with one attached hydrogen (secondary N) is 1. The quantitative estimate of drug-likeness (QED) is 0.572. The SMILES string of the molecule is C=C(C)CNC(C)(C)CN. The largest absolute Gasteiger partial charge is 0.329 e. The van der Waals surface area contributed by atoms with Gasteiger partial charge in [0, 0.05) is 18.6 Å². The van der Waals surface area contributed by atoms with Crippen LogP contribution in [-0.4, -0.2) is 18.6 Å². The van der Waals surface area contributed by atoms with E-state index in [0.717, 1.165) is 12.1 Å². The lowest BCUT2D eigenvalue weighted by Crippen LogP contribution is -2.46. The lowest BCUT2D eigenvalue weighted by molar-refractivity contribution is 0.415. The van der Waals surface area contributed by atoms with Crippen LogP contribution < -0.4 is 11.1 Å². The van der Waals surface area contributed by atoms with E-state index in [2.05, 4.69) is 25.7 Å². The summed E-state index contributed by atoms with van der Waals surface area (Å²) in [6.45, 7) is 11.5. The van der Waals surface area contributed by atoms with Gasteiger partial charge in [0.15, 0.2) is 0 Å². The monoisotopic (exact) mass is 142 g/mol. The zero-order chi connectivity index (χ0) is 8.20. The van der Waals surface area contributed by atoms with E-state index in [1.807, 2.05) is 6.92 Å². The summed E-state index contributed by atoms with van der Waals surface area (Å²) in [7, 11) is 0. The van der Waals surface area contributed by atoms with Crippen molar-refractivity contribution in [3.8, 4) is 0 Å². The third kappa shape index (κ3) is 4.53. The van der Waals surface area contributed by atoms with Crippen molar-refractivity contribution in [3.05, 3.63) is 12.2 Å². The molecule has 0 saturated heterocycles. The fourth-order valence-corrected chi connectivity index (χ4v) is 0.462. The van der Waals surface area contributed by atoms with Gasteiger partial charge >= 0.3 is 0 Å². The first-order chi connectivity index (χ1) is 4.48. The first-order valence-electron chi connectivity index (χ1n) is 3.57. The molecule has 0 aliphatic rings. The van der Waals surface area contributed by atoms with Crippen molar-refractivity contribution in [2.45, 2.75) is 26.3 Å². The van der Waals surface area contributed by atoms with Gasteiger partial charge in [-0.2, -0.15) is 0 Å². The van der Waals surface area contributed by atoms with Crippen LogP contribution in [0.15, 0.2) is 12.2 Å². The maximum absolute atomic E-state index is 5.50. The first-order valence-corrected chi connectivity index (χ1v) is 3.57. The Hall–Kier alpha value is -0.340. The molecule has 0 radical (unpaired) electrons. The summed E-state index contributed by atoms with van der Waals surface area (Å²) < 4.78 is 0. The Morgan fingerprint density at radius 1 is 1.60 bits per heavy atom. The van der Waals surface area contributed by atoms with Crippen LogP contribution in [0.25, 0.3) is 0 Å². The second-order valence-corrected chi connectivity index (χ2v) is 3.40. The van der Waals surface area contributed by atoms with Gasteiger partial charge in [-0.1, -0.05) is 12.2 Å². The predicted octanol–water partition coefficient (Wildman–Crippen LogP) is 0.889. The molecule has 0 aliphatic heterocycles. The molecule has 0 aliphatic carbocycles. The highest BCUT2D eigenvalue weighted by Gasteiger charge is 2.12. The Bertz CT molecular complexity index is 116. The molecule has 2 heteroatoms. The molecule has 0 aromatic rings. The van der Waals surface area contributed by atoms with Crippen molar-refractivity contribution in [1.82, 2.24) is 5.32 Å². The Balaban J connectivity index is 3.56. The molecule has 3 N–H and O–H groups in total. The van der Waals surface area contributed by atoms with Crippen LogP contribution in [0.4, 0.5) is 0 Å². The number of hydrogen-bond donors (Lipinski definition) is 2. The van der Waals surface area contributed by atoms with Crippen LogP contribution in [0.1, 0.15) is 20.8 Å². The molecular formula is C8H18N2. The molecule has 0 saturated carbocycles. The topological polar surface area (TPSA) is 38.0 Å². The van der Waals surface area contributed by atoms with E-state index in [4.69, 9.17) is 5.73 Å². The van der Waals surface area contributed by atoms with Gasteiger partial charge in [0.25, 0.3) is 0 Å². The molecule has 10 heavy (non-hydrogen) atoms. The molecule has 2 nitrogen and oxygen atoms in total. The Morgan fingerprint density at radius 3 is 2.40 bits per heavy atom. The third-order valence-corrected chi connectivity index (χ3v) is 1.38. The first kappa shape index (κ1) is 9.66. The van der Waals surface area contributed by atoms with E-state index in [1.54, 1.807) is 0 Å². The normalized spacial score (nSPS) is 11.6. The van der Waals surface area contributed by atoms with E-state index < -0.39 is 0 Å². The summed E-state index contributed by atoms with van der Waals surface area (Å²) in [5.41, 5.74) is 6.68. The molecule has 0 spiro atoms. The minimum absolute atomic E-state index is 0.0406. The summed E-state index contributed by atoms with van der Waals surface area (Å²) in [5, 5.41) is 3.28. The Morgan fingerprint density at radius 2 is 2.10 bits per heavy atom. The third-order valence-electron chi connectivity index (χ3n) is 1.38. The second-order valence-electron chi connectivity index (χ2n) is 3.40. The minimum Gasteiger partial charge on any atom is -0.329 e. The van der Waals surface area contributed by atoms with E-state index in [1.165, 1.54) is 0 Å². The predicted molar refractivity (Wildman–Crippen MR) is 46.0 cm³/mol. The fourth-order valence-electron chi connectivity index (χ4n) is 0.462. The van der Waals surface area contributed by atoms with E-state index >= 15 is 0 Å². The van der Waals surface area contributed by atoms with Gasteiger partial charge in [-0.15, -0.1) is 0 Å². The van der Waals surface area contributed by atoms with Gasteiger partial charge in [-0.25, -0.2) is 0 Å². The Kier molecular flexibility index (Phi) is 3.61. The second kappa shape index (κ2) is 3.74. The summed E-state index contributed by atoms with van der Waals surface area (Å²) in [6.07, 6.45) is 0. The molecule has 0 aromatic carbocycles. The molecule has 0 heterocycles. The molecule has 0 rings (SSSR count). The lowest BCUT2D eigenvalue weighted by atomic mass is 10.1. The summed E-state index contributed by atoms with van der Waals surface area (Å²) >= 11 is 0. The molecule has 0 bridgehead atoms. The number of nitrogens with two attached hydrogens (primary N) is 1. The molecule has 0 amide bonds. The maximum atomic E-state index is 5.50. The van der Waals surface area contributed by atoms with E-state index in [-0.39, 0.29) is 5.54 Å². The summed E-state index contributed by atoms with van der Waals surface area (Å²) in [6, 6.07) is 0. The highest BCUT2D eigenvalue weighted by Crippen LogP contribution is 1.98. The van der Waals surface area contributed by atoms with Gasteiger partial charge in [0.05, 0.1) is 0 Å². The van der Waals surface area contributed by atoms with Gasteiger partial charge in [0.2, 0.25) is 0 Å². The number of hydrogen-bond acceptors (Lipinski definition) is 2.